The number of rotatable bonds is 3. The van der Waals surface area contributed by atoms with E-state index in [-0.39, 0.29) is 0 Å². The van der Waals surface area contributed by atoms with Crippen molar-refractivity contribution in [3.8, 4) is 5.75 Å². The highest BCUT2D eigenvalue weighted by Crippen LogP contribution is 2.40. The van der Waals surface area contributed by atoms with Gasteiger partial charge in [-0.15, -0.1) is 0 Å². The Labute approximate surface area is 97.3 Å². The van der Waals surface area contributed by atoms with Crippen LogP contribution in [0.2, 0.25) is 0 Å². The molecule has 1 N–H and O–H groups in total. The molecule has 0 aromatic heterocycles. The Balaban J connectivity index is 2.43. The highest BCUT2D eigenvalue weighted by atomic mass is 16.5. The van der Waals surface area contributed by atoms with Crippen LogP contribution in [0.4, 0.5) is 5.69 Å². The van der Waals surface area contributed by atoms with E-state index >= 15 is 0 Å². The monoisotopic (exact) mass is 217 g/mol. The van der Waals surface area contributed by atoms with Crippen LogP contribution in [0.15, 0.2) is 30.4 Å². The molecule has 1 aliphatic rings. The Morgan fingerprint density at radius 2 is 2.19 bits per heavy atom. The Hall–Kier alpha value is -1.44. The molecule has 2 atom stereocenters. The van der Waals surface area contributed by atoms with E-state index in [9.17, 15) is 0 Å². The Kier molecular flexibility index (Phi) is 3.18. The van der Waals surface area contributed by atoms with Crippen LogP contribution >= 0.6 is 0 Å². The summed E-state index contributed by atoms with van der Waals surface area (Å²) in [7, 11) is 3.67. The first-order valence-corrected chi connectivity index (χ1v) is 5.79. The van der Waals surface area contributed by atoms with Crippen LogP contribution in [0.25, 0.3) is 0 Å². The van der Waals surface area contributed by atoms with Crippen molar-refractivity contribution in [2.75, 3.05) is 19.5 Å². The Bertz CT molecular complexity index is 398. The summed E-state index contributed by atoms with van der Waals surface area (Å²) in [6, 6.07) is 6.25. The lowest BCUT2D eigenvalue weighted by Crippen LogP contribution is -2.06. The van der Waals surface area contributed by atoms with Gasteiger partial charge in [0.05, 0.1) is 12.8 Å². The van der Waals surface area contributed by atoms with Gasteiger partial charge in [-0.2, -0.15) is 0 Å². The molecular formula is C14H19NO. The molecule has 2 rings (SSSR count). The van der Waals surface area contributed by atoms with Gasteiger partial charge in [-0.3, -0.25) is 0 Å². The molecule has 2 heteroatoms. The predicted molar refractivity (Wildman–Crippen MR) is 68.2 cm³/mol. The molecule has 0 heterocycles. The first-order chi connectivity index (χ1) is 7.77. The van der Waals surface area contributed by atoms with Gasteiger partial charge in [-0.25, -0.2) is 0 Å². The zero-order chi connectivity index (χ0) is 11.5. The van der Waals surface area contributed by atoms with Gasteiger partial charge in [-0.1, -0.05) is 31.2 Å². The van der Waals surface area contributed by atoms with Crippen molar-refractivity contribution >= 4 is 5.69 Å². The van der Waals surface area contributed by atoms with Gasteiger partial charge >= 0.3 is 0 Å². The third-order valence-corrected chi connectivity index (χ3v) is 3.35. The van der Waals surface area contributed by atoms with Crippen LogP contribution in [-0.4, -0.2) is 14.2 Å². The van der Waals surface area contributed by atoms with E-state index in [1.165, 1.54) is 12.0 Å². The molecule has 1 aromatic carbocycles. The molecule has 0 amide bonds. The molecule has 0 aliphatic heterocycles. The summed E-state index contributed by atoms with van der Waals surface area (Å²) in [5, 5.41) is 3.25. The third-order valence-electron chi connectivity index (χ3n) is 3.35. The van der Waals surface area contributed by atoms with Gasteiger partial charge in [0.15, 0.2) is 0 Å². The van der Waals surface area contributed by atoms with Gasteiger partial charge in [0.1, 0.15) is 5.75 Å². The van der Waals surface area contributed by atoms with Gasteiger partial charge in [0, 0.05) is 13.0 Å². The summed E-state index contributed by atoms with van der Waals surface area (Å²) >= 11 is 0. The van der Waals surface area contributed by atoms with Crippen molar-refractivity contribution in [3.63, 3.8) is 0 Å². The fourth-order valence-electron chi connectivity index (χ4n) is 2.45. The summed E-state index contributed by atoms with van der Waals surface area (Å²) in [5.41, 5.74) is 2.46. The maximum absolute atomic E-state index is 5.39. The first-order valence-electron chi connectivity index (χ1n) is 5.79. The van der Waals surface area contributed by atoms with Gasteiger partial charge in [0.25, 0.3) is 0 Å². The minimum Gasteiger partial charge on any atom is -0.495 e. The molecule has 0 bridgehead atoms. The molecule has 16 heavy (non-hydrogen) atoms. The highest BCUT2D eigenvalue weighted by Gasteiger charge is 2.23. The van der Waals surface area contributed by atoms with Crippen LogP contribution in [0.5, 0.6) is 5.75 Å². The van der Waals surface area contributed by atoms with Crippen LogP contribution in [0, 0.1) is 5.92 Å². The standard InChI is InChI=1S/C14H19NO/c1-10-6-4-7-11(10)12-8-5-9-13(16-3)14(12)15-2/h4-5,7-11,15H,6H2,1-3H3. The number of hydrogen-bond acceptors (Lipinski definition) is 2. The van der Waals surface area contributed by atoms with Gasteiger partial charge in [-0.05, 0) is 24.0 Å². The van der Waals surface area contributed by atoms with Crippen LogP contribution in [-0.2, 0) is 0 Å². The second kappa shape index (κ2) is 4.60. The smallest absolute Gasteiger partial charge is 0.142 e. The van der Waals surface area contributed by atoms with E-state index in [4.69, 9.17) is 4.74 Å². The molecule has 0 radical (unpaired) electrons. The first kappa shape index (κ1) is 11.1. The van der Waals surface area contributed by atoms with Crippen molar-refractivity contribution in [2.45, 2.75) is 19.3 Å². The summed E-state index contributed by atoms with van der Waals surface area (Å²) < 4.78 is 5.39. The average Bonchev–Trinajstić information content (AvgIpc) is 2.74. The lowest BCUT2D eigenvalue weighted by atomic mass is 9.89. The molecule has 0 saturated carbocycles. The molecule has 0 spiro atoms. The molecular weight excluding hydrogens is 198 g/mol. The van der Waals surface area contributed by atoms with E-state index in [1.807, 2.05) is 13.1 Å². The molecule has 0 saturated heterocycles. The summed E-state index contributed by atoms with van der Waals surface area (Å²) in [4.78, 5) is 0. The van der Waals surface area contributed by atoms with Crippen molar-refractivity contribution < 1.29 is 4.74 Å². The highest BCUT2D eigenvalue weighted by molar-refractivity contribution is 5.64. The van der Waals surface area contributed by atoms with Crippen molar-refractivity contribution in [1.82, 2.24) is 0 Å². The largest absolute Gasteiger partial charge is 0.495 e. The zero-order valence-corrected chi connectivity index (χ0v) is 10.2. The lowest BCUT2D eigenvalue weighted by molar-refractivity contribution is 0.415. The average molecular weight is 217 g/mol. The fourth-order valence-corrected chi connectivity index (χ4v) is 2.45. The second-order valence-electron chi connectivity index (χ2n) is 4.34. The number of benzene rings is 1. The van der Waals surface area contributed by atoms with E-state index in [2.05, 4.69) is 36.5 Å². The maximum atomic E-state index is 5.39. The number of ether oxygens (including phenoxy) is 1. The number of para-hydroxylation sites is 1. The zero-order valence-electron chi connectivity index (χ0n) is 10.2. The Morgan fingerprint density at radius 3 is 2.75 bits per heavy atom. The number of allylic oxidation sites excluding steroid dienone is 2. The minimum absolute atomic E-state index is 0.512. The SMILES string of the molecule is CNc1c(OC)cccc1C1C=CCC1C. The van der Waals surface area contributed by atoms with Crippen molar-refractivity contribution in [3.05, 3.63) is 35.9 Å². The summed E-state index contributed by atoms with van der Waals surface area (Å²) in [6.45, 7) is 2.30. The minimum atomic E-state index is 0.512. The summed E-state index contributed by atoms with van der Waals surface area (Å²) in [5.74, 6) is 2.12. The van der Waals surface area contributed by atoms with Gasteiger partial charge in [0.2, 0.25) is 0 Å². The molecule has 1 aliphatic carbocycles. The number of anilines is 1. The Morgan fingerprint density at radius 1 is 1.38 bits per heavy atom. The van der Waals surface area contributed by atoms with E-state index in [0.29, 0.717) is 11.8 Å². The van der Waals surface area contributed by atoms with Crippen LogP contribution < -0.4 is 10.1 Å². The normalized spacial score (nSPS) is 23.4. The van der Waals surface area contributed by atoms with E-state index in [1.54, 1.807) is 7.11 Å². The van der Waals surface area contributed by atoms with Crippen molar-refractivity contribution in [1.29, 1.82) is 0 Å². The molecule has 0 fully saturated rings. The van der Waals surface area contributed by atoms with E-state index < -0.39 is 0 Å². The van der Waals surface area contributed by atoms with Crippen LogP contribution in [0.3, 0.4) is 0 Å². The molecule has 86 valence electrons. The second-order valence-corrected chi connectivity index (χ2v) is 4.34. The van der Waals surface area contributed by atoms with Crippen LogP contribution in [0.1, 0.15) is 24.8 Å². The maximum Gasteiger partial charge on any atom is 0.142 e. The third kappa shape index (κ3) is 1.80. The fraction of sp³-hybridized carbons (Fsp3) is 0.429. The lowest BCUT2D eigenvalue weighted by Gasteiger charge is -2.20. The van der Waals surface area contributed by atoms with Gasteiger partial charge < -0.3 is 10.1 Å². The summed E-state index contributed by atoms with van der Waals surface area (Å²) in [6.07, 6.45) is 5.75. The quantitative estimate of drug-likeness (QED) is 0.783. The number of nitrogens with one attached hydrogen (secondary N) is 1. The molecule has 1 aromatic rings. The topological polar surface area (TPSA) is 21.3 Å². The van der Waals surface area contributed by atoms with Crippen molar-refractivity contribution in [2.24, 2.45) is 5.92 Å². The van der Waals surface area contributed by atoms with E-state index in [0.717, 1.165) is 11.4 Å². The number of methoxy groups -OCH3 is 1. The predicted octanol–water partition coefficient (Wildman–Crippen LogP) is 3.42. The molecule has 2 nitrogen and oxygen atoms in total. The number of hydrogen-bond donors (Lipinski definition) is 1. The molecule has 2 unspecified atom stereocenters.